The van der Waals surface area contributed by atoms with Gasteiger partial charge in [-0.15, -0.1) is 10.2 Å². The molecule has 1 amide bonds. The van der Waals surface area contributed by atoms with Gasteiger partial charge in [-0.25, -0.2) is 4.39 Å². The Kier molecular flexibility index (Phi) is 6.43. The summed E-state index contributed by atoms with van der Waals surface area (Å²) in [5.74, 6) is -0.294. The van der Waals surface area contributed by atoms with Crippen molar-refractivity contribution in [3.63, 3.8) is 0 Å². The van der Waals surface area contributed by atoms with E-state index in [1.54, 1.807) is 27.7 Å². The Bertz CT molecular complexity index is 1180. The average Bonchev–Trinajstić information content (AvgIpc) is 3.25. The highest BCUT2D eigenvalue weighted by Gasteiger charge is 2.19. The number of thioether (sulfide) groups is 1. The van der Waals surface area contributed by atoms with E-state index >= 15 is 0 Å². The number of benzene rings is 3. The van der Waals surface area contributed by atoms with Crippen molar-refractivity contribution in [2.45, 2.75) is 18.6 Å². The second kappa shape index (κ2) is 9.57. The number of nitrogens with zero attached hydrogens (tertiary/aromatic N) is 4. The van der Waals surface area contributed by atoms with Gasteiger partial charge in [-0.2, -0.15) is 0 Å². The van der Waals surface area contributed by atoms with E-state index in [0.29, 0.717) is 17.4 Å². The number of aryl methyl sites for hydroxylation is 1. The molecule has 0 saturated carbocycles. The number of hydrogen-bond donors (Lipinski definition) is 0. The summed E-state index contributed by atoms with van der Waals surface area (Å²) in [7, 11) is 0. The molecule has 7 heteroatoms. The molecule has 0 atom stereocenters. The predicted octanol–water partition coefficient (Wildman–Crippen LogP) is 5.04. The summed E-state index contributed by atoms with van der Waals surface area (Å²) in [5, 5.41) is 8.44. The molecule has 5 nitrogen and oxygen atoms in total. The third-order valence-corrected chi connectivity index (χ3v) is 5.68. The topological polar surface area (TPSA) is 51.0 Å². The normalized spacial score (nSPS) is 10.8. The van der Waals surface area contributed by atoms with Gasteiger partial charge in [-0.3, -0.25) is 9.36 Å². The van der Waals surface area contributed by atoms with Crippen LogP contribution in [-0.4, -0.2) is 26.4 Å². The zero-order chi connectivity index (χ0) is 21.6. The Morgan fingerprint density at radius 1 is 1.03 bits per heavy atom. The third kappa shape index (κ3) is 5.00. The number of aromatic nitrogens is 3. The van der Waals surface area contributed by atoms with E-state index < -0.39 is 0 Å². The van der Waals surface area contributed by atoms with Crippen molar-refractivity contribution in [3.05, 3.63) is 102 Å². The zero-order valence-electron chi connectivity index (χ0n) is 17.0. The molecular weight excluding hydrogens is 411 g/mol. The van der Waals surface area contributed by atoms with Crippen molar-refractivity contribution in [2.24, 2.45) is 0 Å². The Morgan fingerprint density at radius 3 is 2.58 bits per heavy atom. The molecule has 0 radical (unpaired) electrons. The van der Waals surface area contributed by atoms with E-state index in [1.165, 1.54) is 24.2 Å². The Morgan fingerprint density at radius 2 is 1.81 bits per heavy atom. The summed E-state index contributed by atoms with van der Waals surface area (Å²) in [4.78, 5) is 15.0. The van der Waals surface area contributed by atoms with Crippen LogP contribution in [0.3, 0.4) is 0 Å². The average molecular weight is 433 g/mol. The minimum Gasteiger partial charge on any atom is -0.307 e. The molecule has 4 aromatic rings. The molecule has 4 rings (SSSR count). The summed E-state index contributed by atoms with van der Waals surface area (Å²) in [6, 6.07) is 24.1. The lowest BCUT2D eigenvalue weighted by atomic mass is 10.1. The third-order valence-electron chi connectivity index (χ3n) is 4.75. The van der Waals surface area contributed by atoms with E-state index in [1.807, 2.05) is 61.5 Å². The van der Waals surface area contributed by atoms with Gasteiger partial charge in [-0.1, -0.05) is 66.4 Å². The van der Waals surface area contributed by atoms with E-state index in [-0.39, 0.29) is 17.5 Å². The van der Waals surface area contributed by atoms with Crippen LogP contribution in [0.25, 0.3) is 5.69 Å². The summed E-state index contributed by atoms with van der Waals surface area (Å²) in [6.07, 6.45) is 1.45. The van der Waals surface area contributed by atoms with Gasteiger partial charge in [0.25, 0.3) is 0 Å². The van der Waals surface area contributed by atoms with Crippen LogP contribution in [0.1, 0.15) is 11.1 Å². The molecule has 0 aliphatic carbocycles. The zero-order valence-corrected chi connectivity index (χ0v) is 17.8. The summed E-state index contributed by atoms with van der Waals surface area (Å²) < 4.78 is 15.8. The van der Waals surface area contributed by atoms with Crippen LogP contribution in [-0.2, 0) is 11.3 Å². The van der Waals surface area contributed by atoms with Crippen molar-refractivity contribution in [3.8, 4) is 5.69 Å². The van der Waals surface area contributed by atoms with Crippen LogP contribution in [0.4, 0.5) is 10.1 Å². The lowest BCUT2D eigenvalue weighted by Crippen LogP contribution is -2.32. The first-order valence-electron chi connectivity index (χ1n) is 9.80. The molecule has 0 unspecified atom stereocenters. The van der Waals surface area contributed by atoms with Gasteiger partial charge in [0.2, 0.25) is 5.91 Å². The van der Waals surface area contributed by atoms with Crippen molar-refractivity contribution < 1.29 is 9.18 Å². The fourth-order valence-corrected chi connectivity index (χ4v) is 4.02. The predicted molar refractivity (Wildman–Crippen MR) is 121 cm³/mol. The van der Waals surface area contributed by atoms with Crippen molar-refractivity contribution in [2.75, 3.05) is 10.7 Å². The van der Waals surface area contributed by atoms with Crippen LogP contribution in [0.2, 0.25) is 0 Å². The van der Waals surface area contributed by atoms with Gasteiger partial charge in [0.05, 0.1) is 18.0 Å². The van der Waals surface area contributed by atoms with Crippen LogP contribution >= 0.6 is 11.8 Å². The van der Waals surface area contributed by atoms with Crippen molar-refractivity contribution in [1.82, 2.24) is 14.8 Å². The summed E-state index contributed by atoms with van der Waals surface area (Å²) in [5.41, 5.74) is 3.31. The molecule has 0 fully saturated rings. The number of carbonyl (C=O) groups excluding carboxylic acids is 1. The number of rotatable bonds is 7. The number of para-hydroxylation sites is 1. The molecule has 1 heterocycles. The Labute approximate surface area is 184 Å². The van der Waals surface area contributed by atoms with Gasteiger partial charge < -0.3 is 4.90 Å². The molecule has 156 valence electrons. The highest BCUT2D eigenvalue weighted by molar-refractivity contribution is 7.99. The van der Waals surface area contributed by atoms with E-state index in [0.717, 1.165) is 16.8 Å². The van der Waals surface area contributed by atoms with Crippen molar-refractivity contribution in [1.29, 1.82) is 0 Å². The molecule has 0 N–H and O–H groups in total. The summed E-state index contributed by atoms with van der Waals surface area (Å²) in [6.45, 7) is 2.46. The highest BCUT2D eigenvalue weighted by Crippen LogP contribution is 2.24. The molecule has 1 aromatic heterocycles. The maximum Gasteiger partial charge on any atom is 0.237 e. The highest BCUT2D eigenvalue weighted by atomic mass is 32.2. The Hall–Kier alpha value is -3.45. The van der Waals surface area contributed by atoms with Gasteiger partial charge >= 0.3 is 0 Å². The quantitative estimate of drug-likeness (QED) is 0.384. The van der Waals surface area contributed by atoms with Gasteiger partial charge in [0.15, 0.2) is 5.16 Å². The maximum atomic E-state index is 14.2. The minimum atomic E-state index is -0.374. The number of halogens is 1. The van der Waals surface area contributed by atoms with Crippen LogP contribution < -0.4 is 4.90 Å². The van der Waals surface area contributed by atoms with E-state index in [2.05, 4.69) is 10.2 Å². The molecular formula is C24H21FN4OS. The first kappa shape index (κ1) is 20.8. The molecule has 0 aliphatic rings. The largest absolute Gasteiger partial charge is 0.307 e. The van der Waals surface area contributed by atoms with Crippen molar-refractivity contribution >= 4 is 23.4 Å². The van der Waals surface area contributed by atoms with E-state index in [4.69, 9.17) is 0 Å². The maximum absolute atomic E-state index is 14.2. The molecule has 0 saturated heterocycles. The molecule has 0 aliphatic heterocycles. The van der Waals surface area contributed by atoms with Crippen LogP contribution in [0.5, 0.6) is 0 Å². The lowest BCUT2D eigenvalue weighted by molar-refractivity contribution is -0.116. The number of hydrogen-bond acceptors (Lipinski definition) is 4. The monoisotopic (exact) mass is 432 g/mol. The minimum absolute atomic E-state index is 0.0671. The standard InChI is InChI=1S/C24H21FN4OS/c1-18-8-7-11-20(14-18)28(15-19-9-3-2-4-10-19)23(30)16-31-24-27-26-17-29(24)22-13-6-5-12-21(22)25/h2-14,17H,15-16H2,1H3. The molecule has 0 bridgehead atoms. The summed E-state index contributed by atoms with van der Waals surface area (Å²) >= 11 is 1.23. The number of anilines is 1. The second-order valence-corrected chi connectivity index (χ2v) is 7.97. The second-order valence-electron chi connectivity index (χ2n) is 7.03. The SMILES string of the molecule is Cc1cccc(N(Cc2ccccc2)C(=O)CSc2nncn2-c2ccccc2F)c1. The van der Waals surface area contributed by atoms with E-state index in [9.17, 15) is 9.18 Å². The fourth-order valence-electron chi connectivity index (χ4n) is 3.22. The van der Waals surface area contributed by atoms with Crippen LogP contribution in [0, 0.1) is 12.7 Å². The lowest BCUT2D eigenvalue weighted by Gasteiger charge is -2.23. The molecule has 31 heavy (non-hydrogen) atoms. The number of carbonyl (C=O) groups is 1. The Balaban J connectivity index is 1.55. The fraction of sp³-hybridized carbons (Fsp3) is 0.125. The molecule has 3 aromatic carbocycles. The molecule has 0 spiro atoms. The first-order valence-corrected chi connectivity index (χ1v) is 10.8. The van der Waals surface area contributed by atoms with Gasteiger partial charge in [-0.05, 0) is 42.3 Å². The first-order chi connectivity index (χ1) is 15.1. The van der Waals surface area contributed by atoms with Gasteiger partial charge in [0.1, 0.15) is 12.1 Å². The van der Waals surface area contributed by atoms with Gasteiger partial charge in [0, 0.05) is 5.69 Å². The number of amides is 1. The van der Waals surface area contributed by atoms with Crippen LogP contribution in [0.15, 0.2) is 90.3 Å². The smallest absolute Gasteiger partial charge is 0.237 e.